The van der Waals surface area contributed by atoms with Crippen LogP contribution in [0.1, 0.15) is 24.6 Å². The van der Waals surface area contributed by atoms with E-state index in [4.69, 9.17) is 0 Å². The van der Waals surface area contributed by atoms with Crippen molar-refractivity contribution < 1.29 is 4.92 Å². The Morgan fingerprint density at radius 3 is 3.18 bits per heavy atom. The molecule has 0 spiro atoms. The van der Waals surface area contributed by atoms with Gasteiger partial charge in [0.2, 0.25) is 5.82 Å². The Morgan fingerprint density at radius 2 is 2.41 bits per heavy atom. The highest BCUT2D eigenvalue weighted by atomic mass is 32.1. The first-order valence-corrected chi connectivity index (χ1v) is 7.82. The molecule has 114 valence electrons. The van der Waals surface area contributed by atoms with Crippen LogP contribution in [0.4, 0.5) is 11.6 Å². The van der Waals surface area contributed by atoms with E-state index in [-0.39, 0.29) is 16.7 Å². The summed E-state index contributed by atoms with van der Waals surface area (Å²) in [5.74, 6) is 1.50. The number of nitrogens with zero attached hydrogens (tertiary/aromatic N) is 6. The van der Waals surface area contributed by atoms with E-state index in [9.17, 15) is 10.1 Å². The topological polar surface area (TPSA) is 105 Å². The van der Waals surface area contributed by atoms with Gasteiger partial charge in [-0.05, 0) is 17.8 Å². The molecule has 1 atom stereocenters. The lowest BCUT2D eigenvalue weighted by atomic mass is 9.97. The molecule has 0 radical (unpaired) electrons. The Hall–Kier alpha value is -2.49. The number of aromatic nitrogens is 5. The number of imidazole rings is 1. The zero-order chi connectivity index (χ0) is 15.1. The van der Waals surface area contributed by atoms with Gasteiger partial charge in [-0.2, -0.15) is 14.5 Å². The predicted octanol–water partition coefficient (Wildman–Crippen LogP) is 1.81. The third-order valence-electron chi connectivity index (χ3n) is 3.93. The minimum Gasteiger partial charge on any atom is -0.358 e. The Morgan fingerprint density at radius 1 is 1.50 bits per heavy atom. The number of nitrogens with one attached hydrogen (secondary N) is 1. The molecule has 10 heteroatoms. The summed E-state index contributed by atoms with van der Waals surface area (Å²) in [6, 6.07) is 0. The van der Waals surface area contributed by atoms with Crippen molar-refractivity contribution in [1.29, 1.82) is 0 Å². The van der Waals surface area contributed by atoms with E-state index in [1.54, 1.807) is 11.6 Å². The van der Waals surface area contributed by atoms with Crippen LogP contribution in [0.25, 0.3) is 4.96 Å². The maximum Gasteiger partial charge on any atom is 0.373 e. The molecule has 22 heavy (non-hydrogen) atoms. The van der Waals surface area contributed by atoms with Gasteiger partial charge < -0.3 is 15.0 Å². The van der Waals surface area contributed by atoms with Crippen molar-refractivity contribution in [2.24, 2.45) is 0 Å². The third-order valence-corrected chi connectivity index (χ3v) is 4.69. The van der Waals surface area contributed by atoms with Gasteiger partial charge in [-0.25, -0.2) is 4.98 Å². The van der Waals surface area contributed by atoms with Crippen molar-refractivity contribution in [3.05, 3.63) is 33.8 Å². The van der Waals surface area contributed by atoms with E-state index in [0.29, 0.717) is 17.3 Å². The molecule has 1 N–H and O–H groups in total. The summed E-state index contributed by atoms with van der Waals surface area (Å²) in [4.78, 5) is 22.4. The Kier molecular flexibility index (Phi) is 3.03. The number of thiazole rings is 1. The fraction of sp³-hybridized carbons (Fsp3) is 0.417. The number of hydrogen-bond donors (Lipinski definition) is 1. The van der Waals surface area contributed by atoms with E-state index in [0.717, 1.165) is 25.2 Å². The van der Waals surface area contributed by atoms with Gasteiger partial charge >= 0.3 is 5.82 Å². The quantitative estimate of drug-likeness (QED) is 0.583. The second-order valence-corrected chi connectivity index (χ2v) is 6.10. The number of aromatic amines is 1. The first kappa shape index (κ1) is 13.2. The molecule has 1 fully saturated rings. The molecule has 9 nitrogen and oxygen atoms in total. The van der Waals surface area contributed by atoms with E-state index >= 15 is 0 Å². The molecule has 0 unspecified atom stereocenters. The number of fused-ring (bicyclic) bond motifs is 1. The number of rotatable bonds is 3. The first-order chi connectivity index (χ1) is 10.7. The number of nitro groups is 1. The molecule has 0 aromatic carbocycles. The Labute approximate surface area is 128 Å². The summed E-state index contributed by atoms with van der Waals surface area (Å²) in [7, 11) is 0. The van der Waals surface area contributed by atoms with Crippen LogP contribution in [0, 0.1) is 10.1 Å². The predicted molar refractivity (Wildman–Crippen MR) is 80.3 cm³/mol. The van der Waals surface area contributed by atoms with Gasteiger partial charge in [0.1, 0.15) is 18.3 Å². The van der Waals surface area contributed by atoms with Crippen LogP contribution in [0.15, 0.2) is 17.9 Å². The second-order valence-electron chi connectivity index (χ2n) is 5.23. The number of anilines is 1. The highest BCUT2D eigenvalue weighted by Gasteiger charge is 2.32. The zero-order valence-corrected chi connectivity index (χ0v) is 12.4. The molecule has 0 amide bonds. The van der Waals surface area contributed by atoms with E-state index in [1.165, 1.54) is 22.1 Å². The van der Waals surface area contributed by atoms with Crippen molar-refractivity contribution in [2.45, 2.75) is 18.8 Å². The van der Waals surface area contributed by atoms with E-state index < -0.39 is 0 Å². The van der Waals surface area contributed by atoms with Crippen molar-refractivity contribution in [3.8, 4) is 0 Å². The van der Waals surface area contributed by atoms with Gasteiger partial charge in [-0.1, -0.05) is 11.3 Å². The van der Waals surface area contributed by atoms with Gasteiger partial charge in [-0.3, -0.25) is 5.10 Å². The van der Waals surface area contributed by atoms with E-state index in [1.807, 2.05) is 4.90 Å². The van der Waals surface area contributed by atoms with Crippen LogP contribution in [0.2, 0.25) is 0 Å². The molecule has 4 rings (SSSR count). The number of hydrogen-bond acceptors (Lipinski definition) is 7. The van der Waals surface area contributed by atoms with Crippen molar-refractivity contribution in [2.75, 3.05) is 18.0 Å². The standard InChI is InChI=1S/C12H13N7O2S/c20-19(21)11-10(15-12-18(11)4-5-22-12)17-3-1-2-8(6-17)9-13-7-14-16-9/h4-5,7-8H,1-3,6H2,(H,13,14,16)/t8-/m1/s1. The highest BCUT2D eigenvalue weighted by Crippen LogP contribution is 2.35. The smallest absolute Gasteiger partial charge is 0.358 e. The van der Waals surface area contributed by atoms with Gasteiger partial charge in [-0.15, -0.1) is 0 Å². The normalized spacial score (nSPS) is 18.9. The summed E-state index contributed by atoms with van der Waals surface area (Å²) in [6.45, 7) is 1.41. The summed E-state index contributed by atoms with van der Waals surface area (Å²) in [5.41, 5.74) is 0. The average molecular weight is 319 g/mol. The molecule has 3 aromatic heterocycles. The van der Waals surface area contributed by atoms with Gasteiger partial charge in [0, 0.05) is 24.4 Å². The van der Waals surface area contributed by atoms with Crippen LogP contribution in [0.3, 0.4) is 0 Å². The van der Waals surface area contributed by atoms with Crippen LogP contribution in [0.5, 0.6) is 0 Å². The molecule has 1 saturated heterocycles. The minimum atomic E-state index is -0.361. The summed E-state index contributed by atoms with van der Waals surface area (Å²) in [5, 5.41) is 20.0. The fourth-order valence-electron chi connectivity index (χ4n) is 2.95. The second kappa shape index (κ2) is 5.05. The van der Waals surface area contributed by atoms with Crippen molar-refractivity contribution in [1.82, 2.24) is 24.6 Å². The zero-order valence-electron chi connectivity index (χ0n) is 11.5. The lowest BCUT2D eigenvalue weighted by Gasteiger charge is -2.31. The lowest BCUT2D eigenvalue weighted by molar-refractivity contribution is -0.389. The molecule has 0 aliphatic carbocycles. The molecule has 3 aromatic rings. The number of piperidine rings is 1. The molecular formula is C12H13N7O2S. The third kappa shape index (κ3) is 2.03. The lowest BCUT2D eigenvalue weighted by Crippen LogP contribution is -2.35. The monoisotopic (exact) mass is 319 g/mol. The molecule has 1 aliphatic rings. The highest BCUT2D eigenvalue weighted by molar-refractivity contribution is 7.15. The van der Waals surface area contributed by atoms with Crippen LogP contribution in [-0.4, -0.2) is 42.6 Å². The largest absolute Gasteiger partial charge is 0.373 e. The van der Waals surface area contributed by atoms with Gasteiger partial charge in [0.15, 0.2) is 0 Å². The summed E-state index contributed by atoms with van der Waals surface area (Å²) in [6.07, 6.45) is 5.10. The van der Waals surface area contributed by atoms with Crippen molar-refractivity contribution in [3.63, 3.8) is 0 Å². The Balaban J connectivity index is 1.70. The van der Waals surface area contributed by atoms with Crippen LogP contribution < -0.4 is 4.90 Å². The van der Waals surface area contributed by atoms with Crippen LogP contribution >= 0.6 is 11.3 Å². The average Bonchev–Trinajstić information content (AvgIpc) is 3.23. The molecule has 0 saturated carbocycles. The van der Waals surface area contributed by atoms with E-state index in [2.05, 4.69) is 20.2 Å². The summed E-state index contributed by atoms with van der Waals surface area (Å²) < 4.78 is 1.54. The SMILES string of the molecule is O=[N+]([O-])c1c(N2CCC[C@@H](c3ncn[nH]3)C2)nc2sccn12. The molecule has 1 aliphatic heterocycles. The fourth-order valence-corrected chi connectivity index (χ4v) is 3.65. The van der Waals surface area contributed by atoms with Gasteiger partial charge in [0.25, 0.3) is 4.96 Å². The minimum absolute atomic E-state index is 0.0365. The molecule has 4 heterocycles. The molecular weight excluding hydrogens is 306 g/mol. The van der Waals surface area contributed by atoms with Gasteiger partial charge in [0.05, 0.1) is 0 Å². The maximum atomic E-state index is 11.4. The number of H-pyrrole nitrogens is 1. The Bertz CT molecular complexity index is 809. The van der Waals surface area contributed by atoms with Crippen molar-refractivity contribution >= 4 is 27.9 Å². The first-order valence-electron chi connectivity index (χ1n) is 6.94. The summed E-state index contributed by atoms with van der Waals surface area (Å²) >= 11 is 1.39. The maximum absolute atomic E-state index is 11.4. The molecule has 0 bridgehead atoms. The van der Waals surface area contributed by atoms with Crippen LogP contribution in [-0.2, 0) is 0 Å².